The zero-order valence-corrected chi connectivity index (χ0v) is 16.4. The highest BCUT2D eigenvalue weighted by molar-refractivity contribution is 7.88. The lowest BCUT2D eigenvalue weighted by Crippen LogP contribution is -2.50. The van der Waals surface area contributed by atoms with Crippen LogP contribution in [0.3, 0.4) is 0 Å². The molecular formula is C19H20N4O4S. The average Bonchev–Trinajstić information content (AvgIpc) is 3.08. The van der Waals surface area contributed by atoms with E-state index in [1.807, 2.05) is 30.3 Å². The molecule has 28 heavy (non-hydrogen) atoms. The van der Waals surface area contributed by atoms with Crippen LogP contribution in [0.15, 0.2) is 40.9 Å². The lowest BCUT2D eigenvalue weighted by atomic mass is 10.0. The van der Waals surface area contributed by atoms with Crippen molar-refractivity contribution in [1.29, 1.82) is 0 Å². The summed E-state index contributed by atoms with van der Waals surface area (Å²) < 4.78 is 30.1. The Labute approximate surface area is 162 Å². The van der Waals surface area contributed by atoms with E-state index in [0.29, 0.717) is 41.1 Å². The predicted molar refractivity (Wildman–Crippen MR) is 104 cm³/mol. The molecule has 0 aliphatic carbocycles. The van der Waals surface area contributed by atoms with E-state index in [-0.39, 0.29) is 19.0 Å². The molecule has 0 radical (unpaired) electrons. The summed E-state index contributed by atoms with van der Waals surface area (Å²) in [6.07, 6.45) is 1.18. The first-order chi connectivity index (χ1) is 13.3. The van der Waals surface area contributed by atoms with Gasteiger partial charge in [-0.1, -0.05) is 35.5 Å². The highest BCUT2D eigenvalue weighted by atomic mass is 32.2. The second-order valence-electron chi connectivity index (χ2n) is 6.82. The lowest BCUT2D eigenvalue weighted by Gasteiger charge is -2.33. The zero-order chi connectivity index (χ0) is 19.9. The minimum absolute atomic E-state index is 0.177. The molecule has 8 nitrogen and oxygen atoms in total. The highest BCUT2D eigenvalue weighted by Crippen LogP contribution is 2.28. The summed E-state index contributed by atoms with van der Waals surface area (Å²) in [5, 5.41) is 4.56. The van der Waals surface area contributed by atoms with Crippen LogP contribution < -0.4 is 0 Å². The Bertz CT molecular complexity index is 1130. The maximum atomic E-state index is 13.3. The van der Waals surface area contributed by atoms with E-state index in [1.54, 1.807) is 17.9 Å². The zero-order valence-electron chi connectivity index (χ0n) is 15.6. The van der Waals surface area contributed by atoms with Crippen LogP contribution in [0.2, 0.25) is 0 Å². The topological polar surface area (TPSA) is 96.6 Å². The van der Waals surface area contributed by atoms with E-state index in [4.69, 9.17) is 4.52 Å². The monoisotopic (exact) mass is 400 g/mol. The summed E-state index contributed by atoms with van der Waals surface area (Å²) in [6.45, 7) is 3.01. The predicted octanol–water partition coefficient (Wildman–Crippen LogP) is 1.92. The molecule has 1 aliphatic heterocycles. The molecule has 1 amide bonds. The number of nitrogens with zero attached hydrogens (tertiary/aromatic N) is 4. The minimum Gasteiger partial charge on any atom is -0.336 e. The van der Waals surface area contributed by atoms with Crippen LogP contribution in [-0.4, -0.2) is 66.1 Å². The van der Waals surface area contributed by atoms with Gasteiger partial charge < -0.3 is 9.42 Å². The van der Waals surface area contributed by atoms with Crippen molar-refractivity contribution in [3.8, 4) is 11.3 Å². The van der Waals surface area contributed by atoms with Gasteiger partial charge in [-0.25, -0.2) is 13.4 Å². The molecule has 2 aromatic heterocycles. The SMILES string of the molecule is Cc1noc2nc(-c3ccccc3)cc(C(=O)N3CCN(S(C)(=O)=O)CC3)c12. The van der Waals surface area contributed by atoms with E-state index in [2.05, 4.69) is 10.1 Å². The first kappa shape index (κ1) is 18.6. The Morgan fingerprint density at radius 3 is 2.43 bits per heavy atom. The van der Waals surface area contributed by atoms with Crippen LogP contribution in [-0.2, 0) is 10.0 Å². The number of aryl methyl sites for hydroxylation is 1. The number of fused-ring (bicyclic) bond motifs is 1. The number of pyridine rings is 1. The molecule has 1 aromatic carbocycles. The number of aromatic nitrogens is 2. The third-order valence-corrected chi connectivity index (χ3v) is 6.22. The molecule has 3 aromatic rings. The van der Waals surface area contributed by atoms with Gasteiger partial charge in [0.05, 0.1) is 28.6 Å². The van der Waals surface area contributed by atoms with Gasteiger partial charge in [0.2, 0.25) is 10.0 Å². The van der Waals surface area contributed by atoms with Gasteiger partial charge in [-0.2, -0.15) is 4.31 Å². The van der Waals surface area contributed by atoms with E-state index < -0.39 is 10.0 Å². The van der Waals surface area contributed by atoms with Crippen molar-refractivity contribution in [3.05, 3.63) is 47.7 Å². The van der Waals surface area contributed by atoms with Gasteiger partial charge in [0.15, 0.2) is 0 Å². The molecule has 1 saturated heterocycles. The second kappa shape index (κ2) is 6.99. The average molecular weight is 400 g/mol. The molecule has 0 N–H and O–H groups in total. The molecule has 0 saturated carbocycles. The smallest absolute Gasteiger partial charge is 0.259 e. The molecule has 0 spiro atoms. The summed E-state index contributed by atoms with van der Waals surface area (Å²) in [7, 11) is -3.25. The first-order valence-electron chi connectivity index (χ1n) is 8.91. The van der Waals surface area contributed by atoms with Crippen LogP contribution in [0, 0.1) is 6.92 Å². The number of hydrogen-bond acceptors (Lipinski definition) is 6. The fraction of sp³-hybridized carbons (Fsp3) is 0.316. The maximum absolute atomic E-state index is 13.3. The Hall–Kier alpha value is -2.78. The third-order valence-electron chi connectivity index (χ3n) is 4.91. The molecule has 1 aliphatic rings. The van der Waals surface area contributed by atoms with Crippen molar-refractivity contribution in [2.24, 2.45) is 0 Å². The van der Waals surface area contributed by atoms with Crippen molar-refractivity contribution in [2.45, 2.75) is 6.92 Å². The molecule has 9 heteroatoms. The molecule has 1 fully saturated rings. The Kier molecular flexibility index (Phi) is 4.64. The van der Waals surface area contributed by atoms with Crippen molar-refractivity contribution in [2.75, 3.05) is 32.4 Å². The van der Waals surface area contributed by atoms with E-state index in [9.17, 15) is 13.2 Å². The number of carbonyl (C=O) groups excluding carboxylic acids is 1. The van der Waals surface area contributed by atoms with Crippen LogP contribution >= 0.6 is 0 Å². The molecule has 0 atom stereocenters. The number of piperazine rings is 1. The summed E-state index contributed by atoms with van der Waals surface area (Å²) in [6, 6.07) is 11.3. The Morgan fingerprint density at radius 1 is 1.11 bits per heavy atom. The molecular weight excluding hydrogens is 380 g/mol. The Balaban J connectivity index is 1.71. The fourth-order valence-corrected chi connectivity index (χ4v) is 4.24. The normalized spacial score (nSPS) is 15.9. The number of benzene rings is 1. The number of hydrogen-bond donors (Lipinski definition) is 0. The first-order valence-corrected chi connectivity index (χ1v) is 10.8. The molecule has 0 unspecified atom stereocenters. The van der Waals surface area contributed by atoms with Gasteiger partial charge in [-0.15, -0.1) is 0 Å². The summed E-state index contributed by atoms with van der Waals surface area (Å²) >= 11 is 0. The largest absolute Gasteiger partial charge is 0.336 e. The lowest BCUT2D eigenvalue weighted by molar-refractivity contribution is 0.0700. The fourth-order valence-electron chi connectivity index (χ4n) is 3.41. The van der Waals surface area contributed by atoms with Gasteiger partial charge in [0.1, 0.15) is 0 Å². The van der Waals surface area contributed by atoms with Gasteiger partial charge in [-0.3, -0.25) is 4.79 Å². The van der Waals surface area contributed by atoms with Crippen molar-refractivity contribution in [1.82, 2.24) is 19.3 Å². The molecule has 4 rings (SSSR count). The van der Waals surface area contributed by atoms with E-state index in [0.717, 1.165) is 5.56 Å². The van der Waals surface area contributed by atoms with Gasteiger partial charge in [-0.05, 0) is 13.0 Å². The highest BCUT2D eigenvalue weighted by Gasteiger charge is 2.29. The van der Waals surface area contributed by atoms with E-state index >= 15 is 0 Å². The third kappa shape index (κ3) is 3.38. The number of amides is 1. The quantitative estimate of drug-likeness (QED) is 0.666. The summed E-state index contributed by atoms with van der Waals surface area (Å²) in [4.78, 5) is 19.4. The molecule has 3 heterocycles. The summed E-state index contributed by atoms with van der Waals surface area (Å²) in [5.41, 5.74) is 2.88. The van der Waals surface area contributed by atoms with Crippen molar-refractivity contribution in [3.63, 3.8) is 0 Å². The molecule has 146 valence electrons. The number of sulfonamides is 1. The van der Waals surface area contributed by atoms with Crippen LogP contribution in [0.25, 0.3) is 22.4 Å². The van der Waals surface area contributed by atoms with Gasteiger partial charge >= 0.3 is 0 Å². The minimum atomic E-state index is -3.25. The van der Waals surface area contributed by atoms with Gasteiger partial charge in [0.25, 0.3) is 11.6 Å². The van der Waals surface area contributed by atoms with Crippen molar-refractivity contribution < 1.29 is 17.7 Å². The van der Waals surface area contributed by atoms with Crippen LogP contribution in [0.1, 0.15) is 16.1 Å². The Morgan fingerprint density at radius 2 is 1.79 bits per heavy atom. The standard InChI is InChI=1S/C19H20N4O4S/c1-13-17-15(19(24)22-8-10-23(11-9-22)28(2,25)26)12-16(20-18(17)27-21-13)14-6-4-3-5-7-14/h3-7,12H,8-11H2,1-2H3. The maximum Gasteiger partial charge on any atom is 0.259 e. The van der Waals surface area contributed by atoms with Crippen LogP contribution in [0.4, 0.5) is 0 Å². The summed E-state index contributed by atoms with van der Waals surface area (Å²) in [5.74, 6) is -0.177. The van der Waals surface area contributed by atoms with Gasteiger partial charge in [0, 0.05) is 31.7 Å². The second-order valence-corrected chi connectivity index (χ2v) is 8.81. The molecule has 0 bridgehead atoms. The van der Waals surface area contributed by atoms with E-state index in [1.165, 1.54) is 10.6 Å². The van der Waals surface area contributed by atoms with Crippen LogP contribution in [0.5, 0.6) is 0 Å². The number of rotatable bonds is 3. The van der Waals surface area contributed by atoms with Crippen molar-refractivity contribution >= 4 is 27.0 Å². The number of carbonyl (C=O) groups is 1.